The van der Waals surface area contributed by atoms with Crippen molar-refractivity contribution in [3.8, 4) is 0 Å². The highest BCUT2D eigenvalue weighted by atomic mass is 16.6. The third-order valence-electron chi connectivity index (χ3n) is 2.31. The summed E-state index contributed by atoms with van der Waals surface area (Å²) < 4.78 is 5.16. The first-order chi connectivity index (χ1) is 6.87. The monoisotopic (exact) mass is 212 g/mol. The molecule has 0 aliphatic heterocycles. The minimum atomic E-state index is -0.439. The van der Waals surface area contributed by atoms with E-state index in [2.05, 4.69) is 5.32 Å². The summed E-state index contributed by atoms with van der Waals surface area (Å²) in [6.07, 6.45) is 2.96. The highest BCUT2D eigenvalue weighted by molar-refractivity contribution is 5.82. The zero-order valence-corrected chi connectivity index (χ0v) is 9.72. The summed E-state index contributed by atoms with van der Waals surface area (Å²) in [6.45, 7) is 5.55. The lowest BCUT2D eigenvalue weighted by Gasteiger charge is -2.26. The summed E-state index contributed by atoms with van der Waals surface area (Å²) in [4.78, 5) is 11.4. The van der Waals surface area contributed by atoms with Gasteiger partial charge in [-0.25, -0.2) is 4.79 Å². The standard InChI is InChI=1S/C11H20N2O2/c1-11(2,3)15-10(14)13-9-6-4-8(12)5-7-9/h9,12H,4-7H2,1-3H3,(H,13,14). The van der Waals surface area contributed by atoms with E-state index in [0.29, 0.717) is 0 Å². The number of amides is 1. The minimum absolute atomic E-state index is 0.175. The first kappa shape index (κ1) is 12.0. The Morgan fingerprint density at radius 3 is 2.40 bits per heavy atom. The molecule has 0 heterocycles. The van der Waals surface area contributed by atoms with Crippen molar-refractivity contribution in [2.24, 2.45) is 0 Å². The van der Waals surface area contributed by atoms with Gasteiger partial charge in [0.25, 0.3) is 0 Å². The Morgan fingerprint density at radius 2 is 1.93 bits per heavy atom. The van der Waals surface area contributed by atoms with Crippen LogP contribution in [0.1, 0.15) is 46.5 Å². The van der Waals surface area contributed by atoms with E-state index >= 15 is 0 Å². The van der Waals surface area contributed by atoms with Gasteiger partial charge in [0.05, 0.1) is 0 Å². The molecule has 4 nitrogen and oxygen atoms in total. The van der Waals surface area contributed by atoms with Gasteiger partial charge in [-0.05, 0) is 46.5 Å². The van der Waals surface area contributed by atoms with E-state index in [1.165, 1.54) is 0 Å². The largest absolute Gasteiger partial charge is 0.444 e. The van der Waals surface area contributed by atoms with Crippen molar-refractivity contribution in [1.29, 1.82) is 5.41 Å². The molecule has 15 heavy (non-hydrogen) atoms. The first-order valence-electron chi connectivity index (χ1n) is 5.42. The predicted molar refractivity (Wildman–Crippen MR) is 59.4 cm³/mol. The average Bonchev–Trinajstić information content (AvgIpc) is 2.05. The van der Waals surface area contributed by atoms with E-state index in [4.69, 9.17) is 10.1 Å². The molecule has 1 rings (SSSR count). The lowest BCUT2D eigenvalue weighted by molar-refractivity contribution is 0.0498. The van der Waals surface area contributed by atoms with Crippen molar-refractivity contribution >= 4 is 11.8 Å². The van der Waals surface area contributed by atoms with Crippen LogP contribution in [0.25, 0.3) is 0 Å². The normalized spacial score (nSPS) is 22.3. The Kier molecular flexibility index (Phi) is 3.72. The fourth-order valence-corrected chi connectivity index (χ4v) is 1.58. The number of carbonyl (C=O) groups is 1. The van der Waals surface area contributed by atoms with Crippen LogP contribution >= 0.6 is 0 Å². The maximum Gasteiger partial charge on any atom is 0.407 e. The molecule has 0 saturated heterocycles. The molecule has 0 spiro atoms. The van der Waals surface area contributed by atoms with E-state index < -0.39 is 5.60 Å². The molecule has 2 N–H and O–H groups in total. The number of rotatable bonds is 1. The smallest absolute Gasteiger partial charge is 0.407 e. The van der Waals surface area contributed by atoms with E-state index in [0.717, 1.165) is 31.4 Å². The number of hydrogen-bond acceptors (Lipinski definition) is 3. The quantitative estimate of drug-likeness (QED) is 0.701. The number of carbonyl (C=O) groups excluding carboxylic acids is 1. The second-order valence-corrected chi connectivity index (χ2v) is 5.02. The van der Waals surface area contributed by atoms with E-state index in [1.54, 1.807) is 0 Å². The topological polar surface area (TPSA) is 62.2 Å². The molecule has 0 atom stereocenters. The van der Waals surface area contributed by atoms with Crippen LogP contribution in [0.4, 0.5) is 4.79 Å². The lowest BCUT2D eigenvalue weighted by atomic mass is 9.94. The fourth-order valence-electron chi connectivity index (χ4n) is 1.58. The van der Waals surface area contributed by atoms with Crippen molar-refractivity contribution < 1.29 is 9.53 Å². The van der Waals surface area contributed by atoms with Crippen molar-refractivity contribution in [2.75, 3.05) is 0 Å². The van der Waals surface area contributed by atoms with Crippen LogP contribution in [0, 0.1) is 5.41 Å². The van der Waals surface area contributed by atoms with Gasteiger partial charge in [0, 0.05) is 11.8 Å². The summed E-state index contributed by atoms with van der Waals surface area (Å²) >= 11 is 0. The van der Waals surface area contributed by atoms with Crippen molar-refractivity contribution in [3.63, 3.8) is 0 Å². The van der Waals surface area contributed by atoms with Gasteiger partial charge >= 0.3 is 6.09 Å². The fraction of sp³-hybridized carbons (Fsp3) is 0.818. The van der Waals surface area contributed by atoms with Crippen molar-refractivity contribution in [1.82, 2.24) is 5.32 Å². The number of hydrogen-bond donors (Lipinski definition) is 2. The zero-order chi connectivity index (χ0) is 11.5. The van der Waals surface area contributed by atoms with E-state index in [1.807, 2.05) is 20.8 Å². The lowest BCUT2D eigenvalue weighted by Crippen LogP contribution is -2.40. The van der Waals surface area contributed by atoms with Crippen LogP contribution in [-0.2, 0) is 4.74 Å². The highest BCUT2D eigenvalue weighted by Crippen LogP contribution is 2.15. The van der Waals surface area contributed by atoms with Gasteiger partial charge in [0.1, 0.15) is 5.60 Å². The molecule has 1 fully saturated rings. The van der Waals surface area contributed by atoms with Crippen LogP contribution in [0.15, 0.2) is 0 Å². The Hall–Kier alpha value is -1.06. The molecule has 4 heteroatoms. The van der Waals surface area contributed by atoms with Crippen LogP contribution in [-0.4, -0.2) is 23.4 Å². The van der Waals surface area contributed by atoms with Crippen LogP contribution in [0.3, 0.4) is 0 Å². The molecule has 1 aliphatic rings. The molecule has 1 amide bonds. The second kappa shape index (κ2) is 4.64. The third-order valence-corrected chi connectivity index (χ3v) is 2.31. The molecule has 0 unspecified atom stereocenters. The molecule has 0 bridgehead atoms. The number of nitrogens with one attached hydrogen (secondary N) is 2. The summed E-state index contributed by atoms with van der Waals surface area (Å²) in [7, 11) is 0. The molecule has 1 aliphatic carbocycles. The molecule has 0 aromatic carbocycles. The van der Waals surface area contributed by atoms with Crippen molar-refractivity contribution in [2.45, 2.75) is 58.1 Å². The minimum Gasteiger partial charge on any atom is -0.444 e. The Bertz CT molecular complexity index is 246. The summed E-state index contributed by atoms with van der Waals surface area (Å²) in [5, 5.41) is 10.3. The molecule has 0 radical (unpaired) electrons. The van der Waals surface area contributed by atoms with E-state index in [9.17, 15) is 4.79 Å². The van der Waals surface area contributed by atoms with Crippen molar-refractivity contribution in [3.05, 3.63) is 0 Å². The van der Waals surface area contributed by atoms with Crippen LogP contribution < -0.4 is 5.32 Å². The van der Waals surface area contributed by atoms with Crippen LogP contribution in [0.2, 0.25) is 0 Å². The molecular formula is C11H20N2O2. The second-order valence-electron chi connectivity index (χ2n) is 5.02. The SMILES string of the molecule is CC(C)(C)OC(=O)NC1CCC(=N)CC1. The first-order valence-corrected chi connectivity index (χ1v) is 5.42. The molecule has 1 saturated carbocycles. The Labute approximate surface area is 90.9 Å². The third kappa shape index (κ3) is 4.81. The van der Waals surface area contributed by atoms with Crippen LogP contribution in [0.5, 0.6) is 0 Å². The Morgan fingerprint density at radius 1 is 1.40 bits per heavy atom. The predicted octanol–water partition coefficient (Wildman–Crippen LogP) is 2.47. The van der Waals surface area contributed by atoms with Gasteiger partial charge in [0.15, 0.2) is 0 Å². The number of alkyl carbamates (subject to hydrolysis) is 1. The maximum absolute atomic E-state index is 11.4. The number of ether oxygens (including phenoxy) is 1. The summed E-state index contributed by atoms with van der Waals surface area (Å²) in [5.41, 5.74) is 0.350. The highest BCUT2D eigenvalue weighted by Gasteiger charge is 2.21. The molecular weight excluding hydrogens is 192 g/mol. The summed E-state index contributed by atoms with van der Waals surface area (Å²) in [6, 6.07) is 0.175. The average molecular weight is 212 g/mol. The van der Waals surface area contributed by atoms with Gasteiger partial charge in [-0.15, -0.1) is 0 Å². The summed E-state index contributed by atoms with van der Waals surface area (Å²) in [5.74, 6) is 0. The van der Waals surface area contributed by atoms with Gasteiger partial charge in [-0.3, -0.25) is 0 Å². The van der Waals surface area contributed by atoms with Gasteiger partial charge in [0.2, 0.25) is 0 Å². The zero-order valence-electron chi connectivity index (χ0n) is 9.72. The molecule has 86 valence electrons. The van der Waals surface area contributed by atoms with Gasteiger partial charge in [-0.2, -0.15) is 0 Å². The van der Waals surface area contributed by atoms with Gasteiger partial charge < -0.3 is 15.5 Å². The molecule has 0 aromatic heterocycles. The van der Waals surface area contributed by atoms with E-state index in [-0.39, 0.29) is 12.1 Å². The van der Waals surface area contributed by atoms with Gasteiger partial charge in [-0.1, -0.05) is 0 Å². The molecule has 0 aromatic rings. The maximum atomic E-state index is 11.4. The Balaban J connectivity index is 2.29.